The zero-order chi connectivity index (χ0) is 17.1. The van der Waals surface area contributed by atoms with Crippen molar-refractivity contribution in [2.24, 2.45) is 0 Å². The largest absolute Gasteiger partial charge is 0.442 e. The number of non-ortho nitro benzene ring substituents is 1. The maximum Gasteiger partial charge on any atom is 0.411 e. The predicted octanol–water partition coefficient (Wildman–Crippen LogP) is 0.487. The highest BCUT2D eigenvalue weighted by Crippen LogP contribution is 2.21. The second-order valence-electron chi connectivity index (χ2n) is 5.93. The van der Waals surface area contributed by atoms with Crippen LogP contribution >= 0.6 is 0 Å². The zero-order valence-electron chi connectivity index (χ0n) is 13.2. The molecule has 1 aromatic carbocycles. The lowest BCUT2D eigenvalue weighted by molar-refractivity contribution is -0.384. The van der Waals surface area contributed by atoms with Crippen LogP contribution in [0.1, 0.15) is 0 Å². The van der Waals surface area contributed by atoms with Gasteiger partial charge in [0.1, 0.15) is 6.10 Å². The van der Waals surface area contributed by atoms with Gasteiger partial charge in [-0.15, -0.1) is 0 Å². The van der Waals surface area contributed by atoms with Crippen molar-refractivity contribution in [3.05, 3.63) is 34.4 Å². The number of carbonyl (C=O) groups is 1. The quantitative estimate of drug-likeness (QED) is 0.617. The van der Waals surface area contributed by atoms with Gasteiger partial charge in [-0.25, -0.2) is 4.79 Å². The van der Waals surface area contributed by atoms with Crippen molar-refractivity contribution in [1.29, 1.82) is 0 Å². The van der Waals surface area contributed by atoms with Gasteiger partial charge in [-0.1, -0.05) is 0 Å². The maximum absolute atomic E-state index is 11.7. The summed E-state index contributed by atoms with van der Waals surface area (Å²) in [6, 6.07) is 6.54. The number of nitrogens with zero attached hydrogens (tertiary/aromatic N) is 4. The number of amides is 1. The van der Waals surface area contributed by atoms with Gasteiger partial charge in [-0.05, 0) is 12.1 Å². The Morgan fingerprint density at radius 3 is 2.42 bits per heavy atom. The SMILES string of the molecule is O=C1O[C@H](CO)CN1CN1CCN(c2ccc([N+](=O)[O-])cc2)CC1. The number of anilines is 1. The molecule has 1 atom stereocenters. The van der Waals surface area contributed by atoms with Crippen molar-refractivity contribution in [1.82, 2.24) is 9.80 Å². The molecule has 1 aromatic rings. The fraction of sp³-hybridized carbons (Fsp3) is 0.533. The van der Waals surface area contributed by atoms with Crippen LogP contribution in [0, 0.1) is 10.1 Å². The van der Waals surface area contributed by atoms with Crippen LogP contribution in [-0.2, 0) is 4.74 Å². The molecule has 0 saturated carbocycles. The monoisotopic (exact) mass is 336 g/mol. The van der Waals surface area contributed by atoms with Gasteiger partial charge in [0.15, 0.2) is 0 Å². The fourth-order valence-corrected chi connectivity index (χ4v) is 2.96. The summed E-state index contributed by atoms with van der Waals surface area (Å²) in [4.78, 5) is 27.9. The van der Waals surface area contributed by atoms with Gasteiger partial charge in [0, 0.05) is 44.0 Å². The number of carbonyl (C=O) groups excluding carboxylic acids is 1. The summed E-state index contributed by atoms with van der Waals surface area (Å²) in [6.07, 6.45) is -0.814. The van der Waals surface area contributed by atoms with Gasteiger partial charge >= 0.3 is 6.09 Å². The van der Waals surface area contributed by atoms with Crippen molar-refractivity contribution in [2.45, 2.75) is 6.10 Å². The molecule has 24 heavy (non-hydrogen) atoms. The average molecular weight is 336 g/mol. The summed E-state index contributed by atoms with van der Waals surface area (Å²) >= 11 is 0. The summed E-state index contributed by atoms with van der Waals surface area (Å²) in [5.41, 5.74) is 1.05. The lowest BCUT2D eigenvalue weighted by atomic mass is 10.2. The number of hydrogen-bond acceptors (Lipinski definition) is 7. The second-order valence-corrected chi connectivity index (χ2v) is 5.93. The molecule has 0 aromatic heterocycles. The van der Waals surface area contributed by atoms with Gasteiger partial charge in [0.05, 0.1) is 24.7 Å². The van der Waals surface area contributed by atoms with E-state index in [-0.39, 0.29) is 18.4 Å². The first-order chi connectivity index (χ1) is 11.6. The molecule has 0 aliphatic carbocycles. The average Bonchev–Trinajstić information content (AvgIpc) is 2.95. The Bertz CT molecular complexity index is 600. The number of piperazine rings is 1. The van der Waals surface area contributed by atoms with Gasteiger partial charge in [0.2, 0.25) is 0 Å². The minimum Gasteiger partial charge on any atom is -0.442 e. The summed E-state index contributed by atoms with van der Waals surface area (Å²) in [5, 5.41) is 19.8. The Morgan fingerprint density at radius 2 is 1.88 bits per heavy atom. The number of hydrogen-bond donors (Lipinski definition) is 1. The third-order valence-corrected chi connectivity index (χ3v) is 4.32. The molecule has 2 aliphatic heterocycles. The van der Waals surface area contributed by atoms with E-state index in [9.17, 15) is 14.9 Å². The summed E-state index contributed by atoms with van der Waals surface area (Å²) in [7, 11) is 0. The number of benzene rings is 1. The molecule has 0 radical (unpaired) electrons. The molecule has 1 N–H and O–H groups in total. The van der Waals surface area contributed by atoms with Crippen molar-refractivity contribution in [3.63, 3.8) is 0 Å². The first kappa shape index (κ1) is 16.5. The Labute approximate surface area is 139 Å². The maximum atomic E-state index is 11.7. The topological polar surface area (TPSA) is 99.4 Å². The van der Waals surface area contributed by atoms with E-state index < -0.39 is 11.0 Å². The number of nitro groups is 1. The van der Waals surface area contributed by atoms with Gasteiger partial charge in [0.25, 0.3) is 5.69 Å². The van der Waals surface area contributed by atoms with E-state index in [2.05, 4.69) is 9.80 Å². The van der Waals surface area contributed by atoms with E-state index in [0.717, 1.165) is 31.9 Å². The highest BCUT2D eigenvalue weighted by atomic mass is 16.6. The van der Waals surface area contributed by atoms with Crippen LogP contribution in [0.15, 0.2) is 24.3 Å². The number of nitro benzene ring substituents is 1. The molecule has 2 aliphatic rings. The summed E-state index contributed by atoms with van der Waals surface area (Å²) in [5.74, 6) is 0. The molecule has 9 nitrogen and oxygen atoms in total. The van der Waals surface area contributed by atoms with Gasteiger partial charge in [-0.2, -0.15) is 0 Å². The van der Waals surface area contributed by atoms with Crippen molar-refractivity contribution >= 4 is 17.5 Å². The number of aliphatic hydroxyl groups is 1. The Hall–Kier alpha value is -2.39. The third kappa shape index (κ3) is 3.57. The number of cyclic esters (lactones) is 1. The van der Waals surface area contributed by atoms with Crippen molar-refractivity contribution in [3.8, 4) is 0 Å². The van der Waals surface area contributed by atoms with E-state index in [1.807, 2.05) is 0 Å². The van der Waals surface area contributed by atoms with Crippen LogP contribution in [0.25, 0.3) is 0 Å². The predicted molar refractivity (Wildman–Crippen MR) is 85.8 cm³/mol. The summed E-state index contributed by atoms with van der Waals surface area (Å²) < 4.78 is 5.03. The molecule has 130 valence electrons. The summed E-state index contributed by atoms with van der Waals surface area (Å²) in [6.45, 7) is 3.88. The Kier molecular flexibility index (Phi) is 4.81. The Morgan fingerprint density at radius 1 is 1.21 bits per heavy atom. The highest BCUT2D eigenvalue weighted by Gasteiger charge is 2.32. The standard InChI is InChI=1S/C15H20N4O5/c20-10-14-9-18(15(21)24-14)11-16-5-7-17(8-6-16)12-1-3-13(4-2-12)19(22)23/h1-4,14,20H,5-11H2/t14-/m0/s1. The van der Waals surface area contributed by atoms with E-state index in [0.29, 0.717) is 13.2 Å². The van der Waals surface area contributed by atoms with E-state index in [1.54, 1.807) is 17.0 Å². The zero-order valence-corrected chi connectivity index (χ0v) is 13.2. The van der Waals surface area contributed by atoms with E-state index in [4.69, 9.17) is 9.84 Å². The number of rotatable bonds is 5. The fourth-order valence-electron chi connectivity index (χ4n) is 2.96. The van der Waals surface area contributed by atoms with Crippen LogP contribution in [0.2, 0.25) is 0 Å². The highest BCUT2D eigenvalue weighted by molar-refractivity contribution is 5.69. The van der Waals surface area contributed by atoms with Crippen molar-refractivity contribution < 1.29 is 19.6 Å². The molecular weight excluding hydrogens is 316 g/mol. The Balaban J connectivity index is 1.50. The van der Waals surface area contributed by atoms with Crippen LogP contribution in [0.4, 0.5) is 16.2 Å². The lowest BCUT2D eigenvalue weighted by Gasteiger charge is -2.37. The lowest BCUT2D eigenvalue weighted by Crippen LogP contribution is -2.50. The van der Waals surface area contributed by atoms with Crippen LogP contribution in [-0.4, -0.2) is 78.0 Å². The molecule has 1 amide bonds. The number of ether oxygens (including phenoxy) is 1. The molecule has 0 spiro atoms. The minimum atomic E-state index is -0.432. The minimum absolute atomic E-state index is 0.0865. The van der Waals surface area contributed by atoms with Crippen LogP contribution in [0.5, 0.6) is 0 Å². The smallest absolute Gasteiger partial charge is 0.411 e. The van der Waals surface area contributed by atoms with Crippen LogP contribution < -0.4 is 4.90 Å². The van der Waals surface area contributed by atoms with E-state index >= 15 is 0 Å². The molecule has 2 saturated heterocycles. The first-order valence-corrected chi connectivity index (χ1v) is 7.85. The molecule has 3 rings (SSSR count). The molecule has 9 heteroatoms. The molecule has 0 bridgehead atoms. The van der Waals surface area contributed by atoms with E-state index in [1.165, 1.54) is 12.1 Å². The van der Waals surface area contributed by atoms with Gasteiger partial charge < -0.3 is 14.7 Å². The third-order valence-electron chi connectivity index (χ3n) is 4.32. The van der Waals surface area contributed by atoms with Crippen LogP contribution in [0.3, 0.4) is 0 Å². The molecule has 2 heterocycles. The number of aliphatic hydroxyl groups excluding tert-OH is 1. The molecular formula is C15H20N4O5. The van der Waals surface area contributed by atoms with Gasteiger partial charge in [-0.3, -0.25) is 19.9 Å². The second kappa shape index (κ2) is 7.02. The molecule has 2 fully saturated rings. The van der Waals surface area contributed by atoms with Crippen molar-refractivity contribution in [2.75, 3.05) is 50.9 Å². The normalized spacial score (nSPS) is 21.9. The first-order valence-electron chi connectivity index (χ1n) is 7.85. The molecule has 0 unspecified atom stereocenters.